The van der Waals surface area contributed by atoms with E-state index < -0.39 is 21.3 Å². The van der Waals surface area contributed by atoms with E-state index in [4.69, 9.17) is 0 Å². The molecule has 27 heavy (non-hydrogen) atoms. The summed E-state index contributed by atoms with van der Waals surface area (Å²) >= 11 is 0. The molecular formula is C20H29N3O3S. The fraction of sp³-hybridized carbons (Fsp3) is 0.650. The number of piperidine rings is 1. The average molecular weight is 392 g/mol. The van der Waals surface area contributed by atoms with E-state index in [1.54, 1.807) is 0 Å². The number of hydrogen-bond acceptors (Lipinski definition) is 4. The Labute approximate surface area is 161 Å². The molecule has 1 unspecified atom stereocenters. The van der Waals surface area contributed by atoms with Crippen LogP contribution in [0, 0.1) is 5.92 Å². The van der Waals surface area contributed by atoms with Gasteiger partial charge in [-0.2, -0.15) is 0 Å². The maximum atomic E-state index is 12.6. The number of urea groups is 1. The van der Waals surface area contributed by atoms with Crippen molar-refractivity contribution in [3.63, 3.8) is 0 Å². The van der Waals surface area contributed by atoms with Gasteiger partial charge in [-0.25, -0.2) is 17.9 Å². The number of nitrogens with one attached hydrogen (secondary N) is 2. The van der Waals surface area contributed by atoms with Gasteiger partial charge in [0.2, 0.25) is 10.0 Å². The highest BCUT2D eigenvalue weighted by Crippen LogP contribution is 2.46. The highest BCUT2D eigenvalue weighted by Gasteiger charge is 2.34. The van der Waals surface area contributed by atoms with Crippen LogP contribution in [0.3, 0.4) is 0 Å². The third kappa shape index (κ3) is 3.85. The van der Waals surface area contributed by atoms with E-state index in [0.717, 1.165) is 37.2 Å². The Morgan fingerprint density at radius 1 is 1.15 bits per heavy atom. The number of hydrogen-bond donors (Lipinski definition) is 2. The molecule has 0 bridgehead atoms. The Morgan fingerprint density at radius 2 is 1.85 bits per heavy atom. The fourth-order valence-electron chi connectivity index (χ4n) is 4.34. The number of anilines is 1. The first-order valence-electron chi connectivity index (χ1n) is 10.0. The van der Waals surface area contributed by atoms with Gasteiger partial charge >= 0.3 is 6.03 Å². The zero-order valence-electron chi connectivity index (χ0n) is 16.1. The quantitative estimate of drug-likeness (QED) is 0.809. The van der Waals surface area contributed by atoms with Gasteiger partial charge in [0.25, 0.3) is 0 Å². The lowest BCUT2D eigenvalue weighted by atomic mass is 9.82. The summed E-state index contributed by atoms with van der Waals surface area (Å²) in [4.78, 5) is 14.7. The van der Waals surface area contributed by atoms with Crippen molar-refractivity contribution in [1.29, 1.82) is 0 Å². The Balaban J connectivity index is 1.49. The lowest BCUT2D eigenvalue weighted by Crippen LogP contribution is -2.45. The summed E-state index contributed by atoms with van der Waals surface area (Å²) in [5.74, 6) is 1.06. The predicted molar refractivity (Wildman–Crippen MR) is 107 cm³/mol. The molecule has 0 aromatic heterocycles. The molecule has 6 nitrogen and oxygen atoms in total. The third-order valence-electron chi connectivity index (χ3n) is 6.48. The van der Waals surface area contributed by atoms with E-state index in [-0.39, 0.29) is 0 Å². The molecule has 2 amide bonds. The molecule has 2 fully saturated rings. The van der Waals surface area contributed by atoms with E-state index in [1.807, 2.05) is 7.05 Å². The summed E-state index contributed by atoms with van der Waals surface area (Å²) in [5.41, 5.74) is 4.42. The van der Waals surface area contributed by atoms with E-state index in [2.05, 4.69) is 34.0 Å². The minimum Gasteiger partial charge on any atom is -0.307 e. The zero-order chi connectivity index (χ0) is 19.2. The zero-order valence-corrected chi connectivity index (χ0v) is 16.9. The van der Waals surface area contributed by atoms with Crippen molar-refractivity contribution in [3.05, 3.63) is 28.8 Å². The summed E-state index contributed by atoms with van der Waals surface area (Å²) in [7, 11) is -1.67. The summed E-state index contributed by atoms with van der Waals surface area (Å²) in [6.07, 6.45) is 5.55. The number of aryl methyl sites for hydroxylation is 1. The van der Waals surface area contributed by atoms with Gasteiger partial charge in [0.15, 0.2) is 0 Å². The maximum Gasteiger partial charge on any atom is 0.332 e. The molecule has 1 heterocycles. The smallest absolute Gasteiger partial charge is 0.307 e. The summed E-state index contributed by atoms with van der Waals surface area (Å²) in [6, 6.07) is 3.64. The normalized spacial score (nSPS) is 21.9. The van der Waals surface area contributed by atoms with Crippen LogP contribution in [0.1, 0.15) is 55.2 Å². The van der Waals surface area contributed by atoms with Crippen molar-refractivity contribution in [2.45, 2.75) is 56.6 Å². The van der Waals surface area contributed by atoms with Crippen molar-refractivity contribution in [2.75, 3.05) is 25.5 Å². The van der Waals surface area contributed by atoms with Gasteiger partial charge in [-0.15, -0.1) is 0 Å². The minimum atomic E-state index is -3.66. The van der Waals surface area contributed by atoms with E-state index in [0.29, 0.717) is 24.7 Å². The minimum absolute atomic E-state index is 0.386. The molecule has 2 aliphatic carbocycles. The van der Waals surface area contributed by atoms with Gasteiger partial charge in [0.1, 0.15) is 0 Å². The second-order valence-electron chi connectivity index (χ2n) is 8.40. The summed E-state index contributed by atoms with van der Waals surface area (Å²) in [5, 5.41) is 2.40. The van der Waals surface area contributed by atoms with Crippen molar-refractivity contribution >= 4 is 21.7 Å². The van der Waals surface area contributed by atoms with Crippen LogP contribution in [0.2, 0.25) is 0 Å². The number of carbonyl (C=O) groups excluding carboxylic acids is 1. The van der Waals surface area contributed by atoms with Gasteiger partial charge in [0, 0.05) is 5.69 Å². The van der Waals surface area contributed by atoms with Gasteiger partial charge < -0.3 is 10.2 Å². The van der Waals surface area contributed by atoms with Crippen LogP contribution in [0.15, 0.2) is 12.1 Å². The standard InChI is InChI=1S/C20H29N3O3S/c1-13(14-3-4-14)17-7-5-15-6-8-18(15)19(17)21-20(24)22-27(25,26)16-9-11-23(2)12-10-16/h5,7,13-14,16H,3-4,6,8-12H2,1-2H3,(H2,21,22,24). The Kier molecular flexibility index (Phi) is 4.93. The third-order valence-corrected chi connectivity index (χ3v) is 8.30. The number of nitrogens with zero attached hydrogens (tertiary/aromatic N) is 1. The van der Waals surface area contributed by atoms with Gasteiger partial charge in [-0.05, 0) is 87.2 Å². The van der Waals surface area contributed by atoms with Crippen LogP contribution in [0.5, 0.6) is 0 Å². The lowest BCUT2D eigenvalue weighted by molar-refractivity contribution is 0.255. The second-order valence-corrected chi connectivity index (χ2v) is 10.4. The molecule has 1 aliphatic heterocycles. The Bertz CT molecular complexity index is 840. The maximum absolute atomic E-state index is 12.6. The molecule has 148 valence electrons. The highest BCUT2D eigenvalue weighted by atomic mass is 32.2. The van der Waals surface area contributed by atoms with Crippen LogP contribution in [0.4, 0.5) is 10.5 Å². The molecule has 1 atom stereocenters. The van der Waals surface area contributed by atoms with Crippen LogP contribution >= 0.6 is 0 Å². The van der Waals surface area contributed by atoms with Crippen LogP contribution in [-0.2, 0) is 22.9 Å². The van der Waals surface area contributed by atoms with Gasteiger partial charge in [0.05, 0.1) is 5.25 Å². The molecule has 7 heteroatoms. The average Bonchev–Trinajstić information content (AvgIpc) is 3.40. The molecule has 4 rings (SSSR count). The Hall–Kier alpha value is -1.60. The number of sulfonamides is 1. The van der Waals surface area contributed by atoms with Crippen molar-refractivity contribution in [2.24, 2.45) is 5.92 Å². The highest BCUT2D eigenvalue weighted by molar-refractivity contribution is 7.90. The van der Waals surface area contributed by atoms with E-state index in [1.165, 1.54) is 24.0 Å². The molecule has 1 aromatic carbocycles. The van der Waals surface area contributed by atoms with Crippen LogP contribution < -0.4 is 10.0 Å². The molecule has 0 spiro atoms. The molecular weight excluding hydrogens is 362 g/mol. The summed E-state index contributed by atoms with van der Waals surface area (Å²) < 4.78 is 27.5. The van der Waals surface area contributed by atoms with Gasteiger partial charge in [-0.3, -0.25) is 0 Å². The first-order chi connectivity index (χ1) is 12.8. The monoisotopic (exact) mass is 391 g/mol. The largest absolute Gasteiger partial charge is 0.332 e. The SMILES string of the molecule is CC(c1ccc2c(c1NC(=O)NS(=O)(=O)C1CCN(C)CC1)CC2)C1CC1. The fourth-order valence-corrected chi connectivity index (χ4v) is 5.64. The topological polar surface area (TPSA) is 78.5 Å². The molecule has 3 aliphatic rings. The molecule has 2 N–H and O–H groups in total. The first kappa shape index (κ1) is 18.7. The van der Waals surface area contributed by atoms with Crippen molar-refractivity contribution in [3.8, 4) is 0 Å². The molecule has 1 aromatic rings. The number of rotatable bonds is 5. The van der Waals surface area contributed by atoms with Crippen molar-refractivity contribution < 1.29 is 13.2 Å². The molecule has 0 radical (unpaired) electrons. The predicted octanol–water partition coefficient (Wildman–Crippen LogP) is 2.84. The molecule has 1 saturated carbocycles. The number of benzene rings is 1. The van der Waals surface area contributed by atoms with Gasteiger partial charge in [-0.1, -0.05) is 19.1 Å². The lowest BCUT2D eigenvalue weighted by Gasteiger charge is -2.29. The van der Waals surface area contributed by atoms with E-state index in [9.17, 15) is 13.2 Å². The number of likely N-dealkylation sites (tertiary alicyclic amines) is 1. The Morgan fingerprint density at radius 3 is 2.44 bits per heavy atom. The number of amides is 2. The second kappa shape index (κ2) is 7.09. The van der Waals surface area contributed by atoms with Crippen LogP contribution in [0.25, 0.3) is 0 Å². The molecule has 1 saturated heterocycles. The van der Waals surface area contributed by atoms with Crippen LogP contribution in [-0.4, -0.2) is 44.7 Å². The summed E-state index contributed by atoms with van der Waals surface area (Å²) in [6.45, 7) is 3.68. The number of carbonyl (C=O) groups is 1. The first-order valence-corrected chi connectivity index (χ1v) is 11.6. The van der Waals surface area contributed by atoms with E-state index >= 15 is 0 Å². The van der Waals surface area contributed by atoms with Crippen molar-refractivity contribution in [1.82, 2.24) is 9.62 Å². The number of fused-ring (bicyclic) bond motifs is 1.